The van der Waals surface area contributed by atoms with E-state index in [1.165, 1.54) is 0 Å². The summed E-state index contributed by atoms with van der Waals surface area (Å²) in [5.41, 5.74) is 0.132. The average molecular weight is 187 g/mol. The van der Waals surface area contributed by atoms with Crippen molar-refractivity contribution in [2.24, 2.45) is 0 Å². The fourth-order valence-electron chi connectivity index (χ4n) is 1.53. The standard InChI is InChI=1S/C10H21NO2/c1-8(12-4)7-11-10(3)5-6-13-9(10)2/h8-9,11H,5-7H2,1-4H3. The molecule has 13 heavy (non-hydrogen) atoms. The van der Waals surface area contributed by atoms with Crippen molar-refractivity contribution < 1.29 is 9.47 Å². The molecule has 1 saturated heterocycles. The molecule has 1 fully saturated rings. The van der Waals surface area contributed by atoms with Gasteiger partial charge in [0.1, 0.15) is 0 Å². The summed E-state index contributed by atoms with van der Waals surface area (Å²) in [7, 11) is 1.74. The first-order valence-corrected chi connectivity index (χ1v) is 4.98. The lowest BCUT2D eigenvalue weighted by Gasteiger charge is -2.30. The van der Waals surface area contributed by atoms with Crippen molar-refractivity contribution in [3.05, 3.63) is 0 Å². The molecular formula is C10H21NO2. The van der Waals surface area contributed by atoms with Gasteiger partial charge in [-0.1, -0.05) is 0 Å². The Morgan fingerprint density at radius 2 is 2.38 bits per heavy atom. The van der Waals surface area contributed by atoms with Crippen molar-refractivity contribution in [1.82, 2.24) is 5.32 Å². The fraction of sp³-hybridized carbons (Fsp3) is 1.00. The predicted molar refractivity (Wildman–Crippen MR) is 52.9 cm³/mol. The second-order valence-corrected chi connectivity index (χ2v) is 4.11. The Bertz CT molecular complexity index is 163. The van der Waals surface area contributed by atoms with E-state index in [2.05, 4.69) is 26.1 Å². The van der Waals surface area contributed by atoms with Gasteiger partial charge in [-0.15, -0.1) is 0 Å². The van der Waals surface area contributed by atoms with Crippen molar-refractivity contribution >= 4 is 0 Å². The van der Waals surface area contributed by atoms with Gasteiger partial charge in [-0.05, 0) is 27.2 Å². The molecule has 0 saturated carbocycles. The normalized spacial score (nSPS) is 36.5. The van der Waals surface area contributed by atoms with Crippen LogP contribution in [0.15, 0.2) is 0 Å². The highest BCUT2D eigenvalue weighted by atomic mass is 16.5. The van der Waals surface area contributed by atoms with E-state index in [0.29, 0.717) is 6.10 Å². The number of methoxy groups -OCH3 is 1. The van der Waals surface area contributed by atoms with Gasteiger partial charge >= 0.3 is 0 Å². The van der Waals surface area contributed by atoms with Gasteiger partial charge in [-0.3, -0.25) is 0 Å². The maximum absolute atomic E-state index is 5.53. The highest BCUT2D eigenvalue weighted by Crippen LogP contribution is 2.24. The summed E-state index contributed by atoms with van der Waals surface area (Å²) in [6.45, 7) is 8.16. The van der Waals surface area contributed by atoms with E-state index in [9.17, 15) is 0 Å². The fourth-order valence-corrected chi connectivity index (χ4v) is 1.53. The van der Waals surface area contributed by atoms with Gasteiger partial charge in [0, 0.05) is 25.8 Å². The molecule has 0 aliphatic carbocycles. The van der Waals surface area contributed by atoms with E-state index in [1.54, 1.807) is 7.11 Å². The summed E-state index contributed by atoms with van der Waals surface area (Å²) >= 11 is 0. The lowest BCUT2D eigenvalue weighted by Crippen LogP contribution is -2.50. The molecule has 1 rings (SSSR count). The molecule has 3 heteroatoms. The number of hydrogen-bond acceptors (Lipinski definition) is 3. The Balaban J connectivity index is 2.34. The molecule has 1 aliphatic rings. The topological polar surface area (TPSA) is 30.5 Å². The predicted octanol–water partition coefficient (Wildman–Crippen LogP) is 1.18. The average Bonchev–Trinajstić information content (AvgIpc) is 2.44. The van der Waals surface area contributed by atoms with Crippen molar-refractivity contribution in [2.45, 2.75) is 44.9 Å². The molecule has 0 aromatic carbocycles. The number of ether oxygens (including phenoxy) is 2. The van der Waals surface area contributed by atoms with Crippen LogP contribution in [0.1, 0.15) is 27.2 Å². The molecule has 3 unspecified atom stereocenters. The van der Waals surface area contributed by atoms with Gasteiger partial charge in [0.25, 0.3) is 0 Å². The van der Waals surface area contributed by atoms with Gasteiger partial charge in [0.2, 0.25) is 0 Å². The smallest absolute Gasteiger partial charge is 0.0726 e. The number of rotatable bonds is 4. The van der Waals surface area contributed by atoms with Gasteiger partial charge in [-0.25, -0.2) is 0 Å². The minimum atomic E-state index is 0.132. The van der Waals surface area contributed by atoms with Gasteiger partial charge < -0.3 is 14.8 Å². The maximum atomic E-state index is 5.53. The monoisotopic (exact) mass is 187 g/mol. The van der Waals surface area contributed by atoms with E-state index in [0.717, 1.165) is 19.6 Å². The third kappa shape index (κ3) is 2.66. The molecule has 0 aromatic heterocycles. The molecule has 1 heterocycles. The molecule has 0 amide bonds. The van der Waals surface area contributed by atoms with Crippen LogP contribution in [0.25, 0.3) is 0 Å². The van der Waals surface area contributed by atoms with Crippen molar-refractivity contribution in [3.63, 3.8) is 0 Å². The second kappa shape index (κ2) is 4.40. The SMILES string of the molecule is COC(C)CNC1(C)CCOC1C. The quantitative estimate of drug-likeness (QED) is 0.717. The Labute approximate surface area is 80.8 Å². The third-order valence-electron chi connectivity index (χ3n) is 3.08. The van der Waals surface area contributed by atoms with E-state index in [-0.39, 0.29) is 11.6 Å². The summed E-state index contributed by atoms with van der Waals surface area (Å²) in [5.74, 6) is 0. The molecule has 0 radical (unpaired) electrons. The van der Waals surface area contributed by atoms with E-state index < -0.39 is 0 Å². The van der Waals surface area contributed by atoms with E-state index in [1.807, 2.05) is 0 Å². The number of hydrogen-bond donors (Lipinski definition) is 1. The largest absolute Gasteiger partial charge is 0.380 e. The molecule has 78 valence electrons. The lowest BCUT2D eigenvalue weighted by molar-refractivity contribution is 0.0722. The second-order valence-electron chi connectivity index (χ2n) is 4.11. The molecule has 0 spiro atoms. The summed E-state index contributed by atoms with van der Waals surface area (Å²) in [6.07, 6.45) is 1.66. The van der Waals surface area contributed by atoms with E-state index >= 15 is 0 Å². The summed E-state index contributed by atoms with van der Waals surface area (Å²) in [6, 6.07) is 0. The van der Waals surface area contributed by atoms with Crippen molar-refractivity contribution in [2.75, 3.05) is 20.3 Å². The lowest BCUT2D eigenvalue weighted by atomic mass is 9.94. The summed E-state index contributed by atoms with van der Waals surface area (Å²) in [5, 5.41) is 3.51. The first-order chi connectivity index (χ1) is 6.08. The zero-order valence-corrected chi connectivity index (χ0v) is 9.09. The molecule has 1 aliphatic heterocycles. The highest BCUT2D eigenvalue weighted by Gasteiger charge is 2.36. The molecule has 0 bridgehead atoms. The minimum Gasteiger partial charge on any atom is -0.380 e. The van der Waals surface area contributed by atoms with Gasteiger partial charge in [-0.2, -0.15) is 0 Å². The van der Waals surface area contributed by atoms with Crippen LogP contribution < -0.4 is 5.32 Å². The molecule has 1 N–H and O–H groups in total. The Hall–Kier alpha value is -0.120. The van der Waals surface area contributed by atoms with Crippen LogP contribution in [0.2, 0.25) is 0 Å². The first kappa shape index (κ1) is 11.0. The van der Waals surface area contributed by atoms with Crippen molar-refractivity contribution in [3.8, 4) is 0 Å². The highest BCUT2D eigenvalue weighted by molar-refractivity contribution is 4.93. The zero-order chi connectivity index (χ0) is 9.90. The Morgan fingerprint density at radius 3 is 2.85 bits per heavy atom. The zero-order valence-electron chi connectivity index (χ0n) is 9.09. The Morgan fingerprint density at radius 1 is 1.69 bits per heavy atom. The van der Waals surface area contributed by atoms with Crippen LogP contribution in [0, 0.1) is 0 Å². The molecule has 3 nitrogen and oxygen atoms in total. The number of nitrogens with one attached hydrogen (secondary N) is 1. The van der Waals surface area contributed by atoms with Crippen LogP contribution in [0.3, 0.4) is 0 Å². The van der Waals surface area contributed by atoms with E-state index in [4.69, 9.17) is 9.47 Å². The molecule has 3 atom stereocenters. The molecule has 0 aromatic rings. The minimum absolute atomic E-state index is 0.132. The summed E-state index contributed by atoms with van der Waals surface area (Å²) in [4.78, 5) is 0. The van der Waals surface area contributed by atoms with Crippen LogP contribution >= 0.6 is 0 Å². The Kier molecular flexibility index (Phi) is 3.71. The van der Waals surface area contributed by atoms with Crippen LogP contribution in [-0.2, 0) is 9.47 Å². The van der Waals surface area contributed by atoms with Crippen LogP contribution in [0.5, 0.6) is 0 Å². The molecular weight excluding hydrogens is 166 g/mol. The van der Waals surface area contributed by atoms with Crippen molar-refractivity contribution in [1.29, 1.82) is 0 Å². The van der Waals surface area contributed by atoms with Gasteiger partial charge in [0.15, 0.2) is 0 Å². The van der Waals surface area contributed by atoms with Crippen LogP contribution in [0.4, 0.5) is 0 Å². The maximum Gasteiger partial charge on any atom is 0.0726 e. The summed E-state index contributed by atoms with van der Waals surface area (Å²) < 4.78 is 10.7. The van der Waals surface area contributed by atoms with Gasteiger partial charge in [0.05, 0.1) is 12.2 Å². The third-order valence-corrected chi connectivity index (χ3v) is 3.08. The first-order valence-electron chi connectivity index (χ1n) is 4.98. The van der Waals surface area contributed by atoms with Crippen LogP contribution in [-0.4, -0.2) is 38.0 Å².